The Hall–Kier alpha value is -5.23. The number of carbonyl (C=O) groups is 3. The van der Waals surface area contributed by atoms with Gasteiger partial charge in [-0.05, 0) is 148 Å². The summed E-state index contributed by atoms with van der Waals surface area (Å²) in [6.07, 6.45) is 102. The van der Waals surface area contributed by atoms with Gasteiger partial charge < -0.3 is 14.2 Å². The summed E-state index contributed by atoms with van der Waals surface area (Å²) in [6.45, 7) is 6.26. The maximum Gasteiger partial charge on any atom is 0.306 e. The molecule has 0 aromatic rings. The smallest absolute Gasteiger partial charge is 0.306 e. The molecule has 0 N–H and O–H groups in total. The van der Waals surface area contributed by atoms with Gasteiger partial charge in [-0.2, -0.15) is 0 Å². The predicted molar refractivity (Wildman–Crippen MR) is 361 cm³/mol. The SMILES string of the molecule is CC/C=C\C/C=C\C/C=C\C/C=C\C/C=C\C/C=C\CCCCCCCCC(=O)OC(COC(=O)CCCCC/C=C\C/C=C\C/C=C\CC)COC(=O)CCCCCCCCCCCCC/C=C\C/C=C\C/C=C\C/C=C\C/C=C\CC. The zero-order chi connectivity index (χ0) is 59.9. The zero-order valence-corrected chi connectivity index (χ0v) is 53.4. The van der Waals surface area contributed by atoms with E-state index in [2.05, 4.69) is 191 Å². The highest BCUT2D eigenvalue weighted by atomic mass is 16.6. The Bertz CT molecular complexity index is 1890. The van der Waals surface area contributed by atoms with Crippen LogP contribution >= 0.6 is 0 Å². The lowest BCUT2D eigenvalue weighted by Gasteiger charge is -2.18. The van der Waals surface area contributed by atoms with E-state index in [1.165, 1.54) is 70.6 Å². The summed E-state index contributed by atoms with van der Waals surface area (Å²) < 4.78 is 16.9. The van der Waals surface area contributed by atoms with Crippen LogP contribution < -0.4 is 0 Å². The molecule has 466 valence electrons. The molecule has 6 nitrogen and oxygen atoms in total. The van der Waals surface area contributed by atoms with Crippen molar-refractivity contribution in [3.63, 3.8) is 0 Å². The van der Waals surface area contributed by atoms with Crippen LogP contribution in [0.4, 0.5) is 0 Å². The van der Waals surface area contributed by atoms with E-state index in [1.54, 1.807) is 0 Å². The minimum absolute atomic E-state index is 0.102. The quantitative estimate of drug-likeness (QED) is 0.0261. The standard InChI is InChI=1S/C77H122O6/c1-4-7-10-13-16-19-22-25-27-29-31-33-35-37-38-40-41-43-45-47-49-52-55-58-61-64-67-70-76(79)82-73-74(72-81-75(78)69-66-63-60-57-54-51-24-21-18-15-12-9-6-3)83-77(80)71-68-65-62-59-56-53-50-48-46-44-42-39-36-34-32-30-28-26-23-20-17-14-11-8-5-2/h7-12,16-21,25-28,31-34,37-39,42,46,48,51,54,74H,4-6,13-15,22-24,29-30,35-36,40-41,43-45,47,49-50,52-53,55-73H2,1-3H3/b10-7-,11-8-,12-9-,19-16-,20-17-,21-18-,27-25-,28-26-,33-31-,34-32-,38-37-,42-39-,48-46-,54-51-. The van der Waals surface area contributed by atoms with Crippen LogP contribution in [0.1, 0.15) is 278 Å². The van der Waals surface area contributed by atoms with Crippen molar-refractivity contribution in [2.24, 2.45) is 0 Å². The van der Waals surface area contributed by atoms with Gasteiger partial charge in [-0.15, -0.1) is 0 Å². The second kappa shape index (κ2) is 69.3. The number of hydrogen-bond donors (Lipinski definition) is 0. The molecular weight excluding hydrogens is 1020 g/mol. The molecule has 0 saturated carbocycles. The average Bonchev–Trinajstić information content (AvgIpc) is 3.49. The molecule has 0 radical (unpaired) electrons. The van der Waals surface area contributed by atoms with Gasteiger partial charge in [0.1, 0.15) is 13.2 Å². The molecule has 0 fully saturated rings. The maximum atomic E-state index is 12.9. The topological polar surface area (TPSA) is 78.9 Å². The largest absolute Gasteiger partial charge is 0.462 e. The van der Waals surface area contributed by atoms with Crippen molar-refractivity contribution < 1.29 is 28.6 Å². The van der Waals surface area contributed by atoms with E-state index >= 15 is 0 Å². The van der Waals surface area contributed by atoms with E-state index in [0.29, 0.717) is 19.3 Å². The molecule has 0 aromatic carbocycles. The summed E-state index contributed by atoms with van der Waals surface area (Å²) in [6, 6.07) is 0. The second-order valence-electron chi connectivity index (χ2n) is 21.6. The lowest BCUT2D eigenvalue weighted by molar-refractivity contribution is -0.167. The van der Waals surface area contributed by atoms with Crippen molar-refractivity contribution in [3.05, 3.63) is 170 Å². The number of rotatable bonds is 59. The van der Waals surface area contributed by atoms with Gasteiger partial charge in [0.2, 0.25) is 0 Å². The minimum Gasteiger partial charge on any atom is -0.462 e. The predicted octanol–water partition coefficient (Wildman–Crippen LogP) is 23.4. The van der Waals surface area contributed by atoms with E-state index in [1.807, 2.05) is 0 Å². The highest BCUT2D eigenvalue weighted by molar-refractivity contribution is 5.71. The van der Waals surface area contributed by atoms with Crippen molar-refractivity contribution in [1.82, 2.24) is 0 Å². The van der Waals surface area contributed by atoms with Crippen LogP contribution in [0.15, 0.2) is 170 Å². The van der Waals surface area contributed by atoms with Gasteiger partial charge in [0.05, 0.1) is 0 Å². The van der Waals surface area contributed by atoms with Crippen molar-refractivity contribution in [3.8, 4) is 0 Å². The Morgan fingerprint density at radius 3 is 0.687 bits per heavy atom. The number of hydrogen-bond acceptors (Lipinski definition) is 6. The number of allylic oxidation sites excluding steroid dienone is 28. The normalized spacial score (nSPS) is 13.2. The van der Waals surface area contributed by atoms with Crippen LogP contribution in [0.25, 0.3) is 0 Å². The van der Waals surface area contributed by atoms with E-state index in [4.69, 9.17) is 14.2 Å². The number of carbonyl (C=O) groups excluding carboxylic acids is 3. The van der Waals surface area contributed by atoms with Gasteiger partial charge in [-0.3, -0.25) is 14.4 Å². The molecule has 0 aliphatic rings. The Morgan fingerprint density at radius 2 is 0.434 bits per heavy atom. The molecule has 0 aliphatic carbocycles. The summed E-state index contributed by atoms with van der Waals surface area (Å²) in [7, 11) is 0. The fraction of sp³-hybridized carbons (Fsp3) is 0.597. The van der Waals surface area contributed by atoms with Crippen LogP contribution in [-0.4, -0.2) is 37.2 Å². The van der Waals surface area contributed by atoms with Crippen LogP contribution in [-0.2, 0) is 28.6 Å². The van der Waals surface area contributed by atoms with Gasteiger partial charge in [-0.1, -0.05) is 281 Å². The first-order valence-electron chi connectivity index (χ1n) is 33.6. The van der Waals surface area contributed by atoms with Crippen molar-refractivity contribution in [2.45, 2.75) is 284 Å². The molecule has 1 unspecified atom stereocenters. The van der Waals surface area contributed by atoms with E-state index in [-0.39, 0.29) is 31.1 Å². The molecule has 0 saturated heterocycles. The van der Waals surface area contributed by atoms with E-state index in [9.17, 15) is 14.4 Å². The highest BCUT2D eigenvalue weighted by Crippen LogP contribution is 2.15. The summed E-state index contributed by atoms with van der Waals surface area (Å²) >= 11 is 0. The average molecular weight is 1140 g/mol. The fourth-order valence-corrected chi connectivity index (χ4v) is 8.78. The molecule has 0 aromatic heterocycles. The second-order valence-corrected chi connectivity index (χ2v) is 21.6. The van der Waals surface area contributed by atoms with Crippen molar-refractivity contribution >= 4 is 17.9 Å². The third kappa shape index (κ3) is 67.4. The number of ether oxygens (including phenoxy) is 3. The maximum absolute atomic E-state index is 12.9. The van der Waals surface area contributed by atoms with E-state index in [0.717, 1.165) is 167 Å². The first-order valence-corrected chi connectivity index (χ1v) is 33.6. The van der Waals surface area contributed by atoms with E-state index < -0.39 is 6.10 Å². The summed E-state index contributed by atoms with van der Waals surface area (Å²) in [5.41, 5.74) is 0. The Morgan fingerprint density at radius 1 is 0.241 bits per heavy atom. The molecule has 0 spiro atoms. The Labute approximate surface area is 511 Å². The molecule has 0 heterocycles. The Balaban J connectivity index is 4.39. The fourth-order valence-electron chi connectivity index (χ4n) is 8.78. The summed E-state index contributed by atoms with van der Waals surface area (Å²) in [5, 5.41) is 0. The number of unbranched alkanes of at least 4 members (excludes halogenated alkanes) is 20. The van der Waals surface area contributed by atoms with Gasteiger partial charge in [0.25, 0.3) is 0 Å². The zero-order valence-electron chi connectivity index (χ0n) is 53.4. The Kier molecular flexibility index (Phi) is 64.9. The van der Waals surface area contributed by atoms with Crippen LogP contribution in [0.2, 0.25) is 0 Å². The van der Waals surface area contributed by atoms with Crippen molar-refractivity contribution in [2.75, 3.05) is 13.2 Å². The third-order valence-electron chi connectivity index (χ3n) is 13.7. The first kappa shape index (κ1) is 77.8. The summed E-state index contributed by atoms with van der Waals surface area (Å²) in [5.74, 6) is -0.952. The minimum atomic E-state index is -0.810. The molecule has 6 heteroatoms. The molecule has 0 amide bonds. The van der Waals surface area contributed by atoms with Crippen LogP contribution in [0, 0.1) is 0 Å². The van der Waals surface area contributed by atoms with Crippen molar-refractivity contribution in [1.29, 1.82) is 0 Å². The molecule has 83 heavy (non-hydrogen) atoms. The van der Waals surface area contributed by atoms with Gasteiger partial charge in [-0.25, -0.2) is 0 Å². The molecule has 0 rings (SSSR count). The van der Waals surface area contributed by atoms with Gasteiger partial charge in [0, 0.05) is 19.3 Å². The monoisotopic (exact) mass is 1140 g/mol. The first-order chi connectivity index (χ1) is 41.0. The van der Waals surface area contributed by atoms with Crippen LogP contribution in [0.3, 0.4) is 0 Å². The molecule has 0 bridgehead atoms. The highest BCUT2D eigenvalue weighted by Gasteiger charge is 2.19. The molecular formula is C77H122O6. The third-order valence-corrected chi connectivity index (χ3v) is 13.7. The van der Waals surface area contributed by atoms with Crippen LogP contribution in [0.5, 0.6) is 0 Å². The molecule has 0 aliphatic heterocycles. The summed E-state index contributed by atoms with van der Waals surface area (Å²) in [4.78, 5) is 38.4. The van der Waals surface area contributed by atoms with Gasteiger partial charge in [0.15, 0.2) is 6.10 Å². The lowest BCUT2D eigenvalue weighted by Crippen LogP contribution is -2.30. The molecule has 1 atom stereocenters. The lowest BCUT2D eigenvalue weighted by atomic mass is 10.0. The van der Waals surface area contributed by atoms with Gasteiger partial charge >= 0.3 is 17.9 Å². The number of esters is 3.